The second-order valence-electron chi connectivity index (χ2n) is 7.61. The quantitative estimate of drug-likeness (QED) is 0.204. The summed E-state index contributed by atoms with van der Waals surface area (Å²) in [7, 11) is 1.78. The average molecular weight is 520 g/mol. The minimum Gasteiger partial charge on any atom is -0.356 e. The number of nitrogens with one attached hydrogen (secondary N) is 3. The van der Waals surface area contributed by atoms with E-state index in [0.717, 1.165) is 49.4 Å². The van der Waals surface area contributed by atoms with Crippen LogP contribution >= 0.6 is 24.0 Å². The average Bonchev–Trinajstić information content (AvgIpc) is 3.29. The zero-order valence-electron chi connectivity index (χ0n) is 17.7. The Morgan fingerprint density at radius 3 is 2.47 bits per heavy atom. The molecular formula is C24H33IN4O. The lowest BCUT2D eigenvalue weighted by Gasteiger charge is -2.14. The van der Waals surface area contributed by atoms with Gasteiger partial charge in [0.25, 0.3) is 0 Å². The van der Waals surface area contributed by atoms with Crippen LogP contribution in [0.25, 0.3) is 0 Å². The third-order valence-electron chi connectivity index (χ3n) is 5.38. The molecule has 2 aromatic carbocycles. The first-order valence-corrected chi connectivity index (χ1v) is 10.6. The number of carbonyl (C=O) groups is 1. The van der Waals surface area contributed by atoms with E-state index in [1.54, 1.807) is 7.05 Å². The molecule has 0 spiro atoms. The summed E-state index contributed by atoms with van der Waals surface area (Å²) in [4.78, 5) is 16.6. The molecule has 1 saturated carbocycles. The Bertz CT molecular complexity index is 804. The maximum absolute atomic E-state index is 12.3. The summed E-state index contributed by atoms with van der Waals surface area (Å²) in [6.07, 6.45) is 6.46. The molecule has 1 amide bonds. The number of hydrogen-bond donors (Lipinski definition) is 3. The van der Waals surface area contributed by atoms with Gasteiger partial charge in [0.05, 0.1) is 0 Å². The second-order valence-corrected chi connectivity index (χ2v) is 7.61. The molecular weight excluding hydrogens is 487 g/mol. The van der Waals surface area contributed by atoms with Gasteiger partial charge in [-0.15, -0.1) is 24.0 Å². The predicted octanol–water partition coefficient (Wildman–Crippen LogP) is 4.73. The molecule has 0 unspecified atom stereocenters. The number of carbonyl (C=O) groups excluding carboxylic acids is 1. The molecule has 6 heteroatoms. The predicted molar refractivity (Wildman–Crippen MR) is 135 cm³/mol. The van der Waals surface area contributed by atoms with Crippen molar-refractivity contribution in [1.82, 2.24) is 10.6 Å². The van der Waals surface area contributed by atoms with E-state index in [1.165, 1.54) is 18.4 Å². The number of amides is 1. The molecule has 0 bridgehead atoms. The summed E-state index contributed by atoms with van der Waals surface area (Å²) < 4.78 is 0. The number of guanidine groups is 1. The van der Waals surface area contributed by atoms with Crippen molar-refractivity contribution in [1.29, 1.82) is 0 Å². The molecule has 3 N–H and O–H groups in total. The highest BCUT2D eigenvalue weighted by Crippen LogP contribution is 2.26. The van der Waals surface area contributed by atoms with Gasteiger partial charge >= 0.3 is 0 Å². The van der Waals surface area contributed by atoms with Gasteiger partial charge in [0.1, 0.15) is 0 Å². The van der Waals surface area contributed by atoms with Crippen LogP contribution in [0.5, 0.6) is 0 Å². The molecule has 1 aliphatic carbocycles. The highest BCUT2D eigenvalue weighted by atomic mass is 127. The summed E-state index contributed by atoms with van der Waals surface area (Å²) in [5.74, 6) is 1.12. The number of aliphatic imine (C=N–C) groups is 1. The zero-order valence-corrected chi connectivity index (χ0v) is 20.0. The van der Waals surface area contributed by atoms with Gasteiger partial charge in [0.15, 0.2) is 5.96 Å². The molecule has 0 atom stereocenters. The number of rotatable bonds is 8. The van der Waals surface area contributed by atoms with E-state index < -0.39 is 0 Å². The van der Waals surface area contributed by atoms with Crippen molar-refractivity contribution in [2.75, 3.05) is 18.9 Å². The minimum atomic E-state index is 0. The lowest BCUT2D eigenvalue weighted by atomic mass is 10.1. The zero-order chi connectivity index (χ0) is 20.3. The lowest BCUT2D eigenvalue weighted by molar-refractivity contribution is -0.119. The fourth-order valence-corrected chi connectivity index (χ4v) is 3.74. The number of aryl methyl sites for hydroxylation is 1. The number of anilines is 1. The summed E-state index contributed by atoms with van der Waals surface area (Å²) >= 11 is 0. The fraction of sp³-hybridized carbons (Fsp3) is 0.417. The van der Waals surface area contributed by atoms with Crippen molar-refractivity contribution < 1.29 is 4.79 Å². The van der Waals surface area contributed by atoms with E-state index in [2.05, 4.69) is 51.3 Å². The molecule has 162 valence electrons. The maximum atomic E-state index is 12.3. The summed E-state index contributed by atoms with van der Waals surface area (Å²) in [5, 5.41) is 9.78. The largest absolute Gasteiger partial charge is 0.356 e. The molecule has 1 aliphatic rings. The molecule has 0 aromatic heterocycles. The minimum absolute atomic E-state index is 0. The molecule has 0 heterocycles. The van der Waals surface area contributed by atoms with Crippen molar-refractivity contribution in [3.05, 3.63) is 65.7 Å². The molecule has 30 heavy (non-hydrogen) atoms. The molecule has 2 aromatic rings. The third-order valence-corrected chi connectivity index (χ3v) is 5.38. The van der Waals surface area contributed by atoms with Crippen LogP contribution in [0.4, 0.5) is 5.69 Å². The van der Waals surface area contributed by atoms with Crippen molar-refractivity contribution in [3.8, 4) is 0 Å². The SMILES string of the molecule is CN=C(NCCCc1ccccc1)NCc1cccc(NC(=O)C2CCCC2)c1.I. The second kappa shape index (κ2) is 13.3. The van der Waals surface area contributed by atoms with Gasteiger partial charge in [-0.05, 0) is 48.9 Å². The molecule has 0 saturated heterocycles. The van der Waals surface area contributed by atoms with Crippen LogP contribution in [0.3, 0.4) is 0 Å². The number of halogens is 1. The van der Waals surface area contributed by atoms with Gasteiger partial charge < -0.3 is 16.0 Å². The monoisotopic (exact) mass is 520 g/mol. The Labute approximate surface area is 197 Å². The summed E-state index contributed by atoms with van der Waals surface area (Å²) in [6.45, 7) is 1.53. The van der Waals surface area contributed by atoms with Gasteiger partial charge in [-0.25, -0.2) is 0 Å². The van der Waals surface area contributed by atoms with Crippen LogP contribution in [-0.2, 0) is 17.8 Å². The molecule has 5 nitrogen and oxygen atoms in total. The summed E-state index contributed by atoms with van der Waals surface area (Å²) in [6, 6.07) is 18.5. The van der Waals surface area contributed by atoms with Crippen LogP contribution in [0.15, 0.2) is 59.6 Å². The Balaban J connectivity index is 0.00000320. The van der Waals surface area contributed by atoms with Crippen molar-refractivity contribution in [3.63, 3.8) is 0 Å². The van der Waals surface area contributed by atoms with E-state index >= 15 is 0 Å². The molecule has 1 fully saturated rings. The van der Waals surface area contributed by atoms with Crippen molar-refractivity contribution in [2.24, 2.45) is 10.9 Å². The first-order valence-electron chi connectivity index (χ1n) is 10.6. The highest BCUT2D eigenvalue weighted by Gasteiger charge is 2.22. The molecule has 0 aliphatic heterocycles. The Hall–Kier alpha value is -2.09. The standard InChI is InChI=1S/C24H32N4O.HI/c1-25-24(26-16-8-12-19-9-3-2-4-10-19)27-18-20-11-7-15-22(17-20)28-23(29)21-13-5-6-14-21;/h2-4,7,9-11,15,17,21H,5-6,8,12-14,16,18H2,1H3,(H,28,29)(H2,25,26,27);1H. The van der Waals surface area contributed by atoms with Crippen LogP contribution in [0, 0.1) is 5.92 Å². The lowest BCUT2D eigenvalue weighted by Crippen LogP contribution is -2.37. The van der Waals surface area contributed by atoms with Crippen molar-refractivity contribution >= 4 is 41.5 Å². The first-order chi connectivity index (χ1) is 14.2. The van der Waals surface area contributed by atoms with E-state index in [1.807, 2.05) is 24.3 Å². The van der Waals surface area contributed by atoms with Gasteiger partial charge in [-0.2, -0.15) is 0 Å². The summed E-state index contributed by atoms with van der Waals surface area (Å²) in [5.41, 5.74) is 3.34. The van der Waals surface area contributed by atoms with Crippen LogP contribution in [-0.4, -0.2) is 25.5 Å². The normalized spacial score (nSPS) is 14.1. The van der Waals surface area contributed by atoms with E-state index in [-0.39, 0.29) is 35.8 Å². The topological polar surface area (TPSA) is 65.5 Å². The Morgan fingerprint density at radius 1 is 1.00 bits per heavy atom. The number of hydrogen-bond acceptors (Lipinski definition) is 2. The van der Waals surface area contributed by atoms with Gasteiger partial charge in [-0.1, -0.05) is 55.3 Å². The van der Waals surface area contributed by atoms with Crippen LogP contribution < -0.4 is 16.0 Å². The molecule has 0 radical (unpaired) electrons. The van der Waals surface area contributed by atoms with E-state index in [4.69, 9.17) is 0 Å². The first kappa shape index (κ1) is 24.2. The van der Waals surface area contributed by atoms with E-state index in [9.17, 15) is 4.79 Å². The third kappa shape index (κ3) is 7.97. The van der Waals surface area contributed by atoms with Crippen molar-refractivity contribution in [2.45, 2.75) is 45.1 Å². The number of benzene rings is 2. The van der Waals surface area contributed by atoms with Gasteiger partial charge in [-0.3, -0.25) is 9.79 Å². The maximum Gasteiger partial charge on any atom is 0.227 e. The Kier molecular flexibility index (Phi) is 10.7. The smallest absolute Gasteiger partial charge is 0.227 e. The van der Waals surface area contributed by atoms with Gasteiger partial charge in [0, 0.05) is 31.7 Å². The Morgan fingerprint density at radius 2 is 1.73 bits per heavy atom. The van der Waals surface area contributed by atoms with Crippen LogP contribution in [0.1, 0.15) is 43.2 Å². The highest BCUT2D eigenvalue weighted by molar-refractivity contribution is 14.0. The van der Waals surface area contributed by atoms with E-state index in [0.29, 0.717) is 6.54 Å². The fourth-order valence-electron chi connectivity index (χ4n) is 3.74. The van der Waals surface area contributed by atoms with Gasteiger partial charge in [0.2, 0.25) is 5.91 Å². The van der Waals surface area contributed by atoms with Crippen LogP contribution in [0.2, 0.25) is 0 Å². The molecule has 3 rings (SSSR count). The number of nitrogens with zero attached hydrogens (tertiary/aromatic N) is 1.